The van der Waals surface area contributed by atoms with Crippen LogP contribution >= 0.6 is 0 Å². The lowest BCUT2D eigenvalue weighted by Crippen LogP contribution is -2.51. The summed E-state index contributed by atoms with van der Waals surface area (Å²) in [6.45, 7) is 4.02. The Bertz CT molecular complexity index is 503. The molecule has 0 aromatic heterocycles. The molecule has 7 heteroatoms. The molecule has 7 nitrogen and oxygen atoms in total. The smallest absolute Gasteiger partial charge is 0.408 e. The number of amides is 2. The van der Waals surface area contributed by atoms with Gasteiger partial charge in [0.1, 0.15) is 12.6 Å². The molecule has 0 saturated heterocycles. The fourth-order valence-corrected chi connectivity index (χ4v) is 1.98. The van der Waals surface area contributed by atoms with Gasteiger partial charge in [0.15, 0.2) is 6.29 Å². The summed E-state index contributed by atoms with van der Waals surface area (Å²) in [6, 6.07) is 8.62. The molecule has 2 amide bonds. The Hall–Kier alpha value is -2.12. The molecular weight excluding hydrogens is 312 g/mol. The van der Waals surface area contributed by atoms with E-state index in [9.17, 15) is 9.59 Å². The number of alkyl carbamates (subject to hydrolysis) is 1. The van der Waals surface area contributed by atoms with E-state index < -0.39 is 18.4 Å². The zero-order chi connectivity index (χ0) is 17.9. The van der Waals surface area contributed by atoms with Crippen LogP contribution in [-0.2, 0) is 25.6 Å². The van der Waals surface area contributed by atoms with Gasteiger partial charge in [0.25, 0.3) is 0 Å². The van der Waals surface area contributed by atoms with Crippen LogP contribution in [0.4, 0.5) is 4.79 Å². The van der Waals surface area contributed by atoms with E-state index in [-0.39, 0.29) is 25.0 Å². The minimum Gasteiger partial charge on any atom is -0.445 e. The van der Waals surface area contributed by atoms with Crippen molar-refractivity contribution in [2.45, 2.75) is 32.8 Å². The van der Waals surface area contributed by atoms with E-state index in [1.165, 1.54) is 14.2 Å². The molecule has 1 atom stereocenters. The summed E-state index contributed by atoms with van der Waals surface area (Å²) >= 11 is 0. The molecule has 1 unspecified atom stereocenters. The molecule has 1 aromatic carbocycles. The van der Waals surface area contributed by atoms with Crippen molar-refractivity contribution in [3.8, 4) is 0 Å². The summed E-state index contributed by atoms with van der Waals surface area (Å²) in [5.41, 5.74) is 0.876. The first kappa shape index (κ1) is 19.9. The zero-order valence-electron chi connectivity index (χ0n) is 14.6. The average molecular weight is 338 g/mol. The summed E-state index contributed by atoms with van der Waals surface area (Å²) in [4.78, 5) is 24.2. The Morgan fingerprint density at radius 3 is 2.25 bits per heavy atom. The first-order chi connectivity index (χ1) is 11.5. The molecule has 0 heterocycles. The van der Waals surface area contributed by atoms with Gasteiger partial charge in [-0.1, -0.05) is 44.2 Å². The number of carbonyl (C=O) groups excluding carboxylic acids is 2. The van der Waals surface area contributed by atoms with Crippen LogP contribution in [0.2, 0.25) is 0 Å². The Morgan fingerprint density at radius 2 is 1.71 bits per heavy atom. The third-order valence-electron chi connectivity index (χ3n) is 3.40. The van der Waals surface area contributed by atoms with Gasteiger partial charge in [0.2, 0.25) is 5.91 Å². The lowest BCUT2D eigenvalue weighted by molar-refractivity contribution is -0.130. The van der Waals surface area contributed by atoms with Crippen LogP contribution in [0.1, 0.15) is 19.4 Å². The van der Waals surface area contributed by atoms with Crippen molar-refractivity contribution in [2.75, 3.05) is 20.8 Å². The SMILES string of the molecule is COC(CNC(=O)C(NC(=O)OCc1ccccc1)C(C)C)OC. The molecule has 1 rings (SSSR count). The molecule has 24 heavy (non-hydrogen) atoms. The highest BCUT2D eigenvalue weighted by Gasteiger charge is 2.25. The molecule has 0 fully saturated rings. The highest BCUT2D eigenvalue weighted by atomic mass is 16.7. The van der Waals surface area contributed by atoms with Gasteiger partial charge in [-0.25, -0.2) is 4.79 Å². The van der Waals surface area contributed by atoms with Crippen LogP contribution in [0.3, 0.4) is 0 Å². The molecule has 0 radical (unpaired) electrons. The summed E-state index contributed by atoms with van der Waals surface area (Å²) in [5.74, 6) is -0.418. The zero-order valence-corrected chi connectivity index (χ0v) is 14.6. The van der Waals surface area contributed by atoms with E-state index in [1.54, 1.807) is 0 Å². The van der Waals surface area contributed by atoms with Crippen molar-refractivity contribution < 1.29 is 23.8 Å². The van der Waals surface area contributed by atoms with E-state index in [0.717, 1.165) is 5.56 Å². The largest absolute Gasteiger partial charge is 0.445 e. The maximum atomic E-state index is 12.2. The standard InChI is InChI=1S/C17H26N2O5/c1-12(2)15(16(20)18-10-14(22-3)23-4)19-17(21)24-11-13-8-6-5-7-9-13/h5-9,12,14-15H,10-11H2,1-4H3,(H,18,20)(H,19,21). The van der Waals surface area contributed by atoms with E-state index in [0.29, 0.717) is 0 Å². The topological polar surface area (TPSA) is 85.9 Å². The summed E-state index contributed by atoms with van der Waals surface area (Å²) in [5, 5.41) is 5.28. The number of hydrogen-bond donors (Lipinski definition) is 2. The first-order valence-corrected chi connectivity index (χ1v) is 7.78. The predicted octanol–water partition coefficient (Wildman–Crippen LogP) is 1.67. The van der Waals surface area contributed by atoms with Crippen LogP contribution in [0, 0.1) is 5.92 Å². The van der Waals surface area contributed by atoms with E-state index in [2.05, 4.69) is 10.6 Å². The molecule has 0 saturated carbocycles. The van der Waals surface area contributed by atoms with Crippen molar-refractivity contribution in [1.82, 2.24) is 10.6 Å². The Kier molecular flexibility index (Phi) is 8.81. The van der Waals surface area contributed by atoms with Crippen molar-refractivity contribution in [1.29, 1.82) is 0 Å². The number of carbonyl (C=O) groups is 2. The molecule has 2 N–H and O–H groups in total. The van der Waals surface area contributed by atoms with E-state index in [4.69, 9.17) is 14.2 Å². The Labute approximate surface area is 142 Å². The molecule has 134 valence electrons. The quantitative estimate of drug-likeness (QED) is 0.669. The van der Waals surface area contributed by atoms with Crippen molar-refractivity contribution in [2.24, 2.45) is 5.92 Å². The second-order valence-corrected chi connectivity index (χ2v) is 5.57. The highest BCUT2D eigenvalue weighted by molar-refractivity contribution is 5.85. The third-order valence-corrected chi connectivity index (χ3v) is 3.40. The molecule has 0 bridgehead atoms. The molecule has 0 spiro atoms. The fraction of sp³-hybridized carbons (Fsp3) is 0.529. The average Bonchev–Trinajstić information content (AvgIpc) is 2.59. The number of benzene rings is 1. The number of methoxy groups -OCH3 is 2. The van der Waals surface area contributed by atoms with Gasteiger partial charge < -0.3 is 24.8 Å². The Balaban J connectivity index is 2.49. The summed E-state index contributed by atoms with van der Waals surface area (Å²) in [6.07, 6.45) is -1.17. The van der Waals surface area contributed by atoms with Crippen LogP contribution in [0.5, 0.6) is 0 Å². The van der Waals surface area contributed by atoms with Crippen molar-refractivity contribution >= 4 is 12.0 Å². The summed E-state index contributed by atoms with van der Waals surface area (Å²) in [7, 11) is 2.97. The minimum absolute atomic E-state index is 0.0992. The van der Waals surface area contributed by atoms with Gasteiger partial charge in [-0.3, -0.25) is 4.79 Å². The fourth-order valence-electron chi connectivity index (χ4n) is 1.98. The van der Waals surface area contributed by atoms with Gasteiger partial charge in [-0.2, -0.15) is 0 Å². The van der Waals surface area contributed by atoms with Gasteiger partial charge in [-0.15, -0.1) is 0 Å². The van der Waals surface area contributed by atoms with Gasteiger partial charge >= 0.3 is 6.09 Å². The normalized spacial score (nSPS) is 12.1. The maximum absolute atomic E-state index is 12.2. The van der Waals surface area contributed by atoms with Crippen LogP contribution in [0.25, 0.3) is 0 Å². The predicted molar refractivity (Wildman–Crippen MR) is 89.2 cm³/mol. The number of nitrogens with one attached hydrogen (secondary N) is 2. The summed E-state index contributed by atoms with van der Waals surface area (Å²) < 4.78 is 15.2. The maximum Gasteiger partial charge on any atom is 0.408 e. The number of ether oxygens (including phenoxy) is 3. The molecule has 0 aliphatic carbocycles. The van der Waals surface area contributed by atoms with Crippen LogP contribution in [0.15, 0.2) is 30.3 Å². The van der Waals surface area contributed by atoms with Gasteiger partial charge in [0.05, 0.1) is 6.54 Å². The lowest BCUT2D eigenvalue weighted by atomic mass is 10.0. The van der Waals surface area contributed by atoms with Crippen LogP contribution in [-0.4, -0.2) is 45.1 Å². The lowest BCUT2D eigenvalue weighted by Gasteiger charge is -2.22. The van der Waals surface area contributed by atoms with Crippen molar-refractivity contribution in [3.05, 3.63) is 35.9 Å². The monoisotopic (exact) mass is 338 g/mol. The van der Waals surface area contributed by atoms with E-state index in [1.807, 2.05) is 44.2 Å². The van der Waals surface area contributed by atoms with E-state index >= 15 is 0 Å². The van der Waals surface area contributed by atoms with Crippen molar-refractivity contribution in [3.63, 3.8) is 0 Å². The molecular formula is C17H26N2O5. The third kappa shape index (κ3) is 6.97. The first-order valence-electron chi connectivity index (χ1n) is 7.78. The molecule has 1 aromatic rings. The van der Waals surface area contributed by atoms with Crippen LogP contribution < -0.4 is 10.6 Å². The van der Waals surface area contributed by atoms with Gasteiger partial charge in [0, 0.05) is 14.2 Å². The second kappa shape index (κ2) is 10.6. The second-order valence-electron chi connectivity index (χ2n) is 5.57. The van der Waals surface area contributed by atoms with Gasteiger partial charge in [-0.05, 0) is 11.5 Å². The number of hydrogen-bond acceptors (Lipinski definition) is 5. The molecule has 0 aliphatic rings. The minimum atomic E-state index is -0.706. The Morgan fingerprint density at radius 1 is 1.08 bits per heavy atom. The number of rotatable bonds is 9. The highest BCUT2D eigenvalue weighted by Crippen LogP contribution is 2.05. The molecule has 0 aliphatic heterocycles.